The Kier molecular flexibility index (Phi) is 6.59. The normalized spacial score (nSPS) is 17.4. The van der Waals surface area contributed by atoms with E-state index in [2.05, 4.69) is 0 Å². The molecule has 1 heterocycles. The molecule has 0 saturated heterocycles. The van der Waals surface area contributed by atoms with Crippen LogP contribution in [0.5, 0.6) is 0 Å². The van der Waals surface area contributed by atoms with Crippen LogP contribution in [0, 0.1) is 5.41 Å². The smallest absolute Gasteiger partial charge is 0.415 e. The molecule has 162 valence electrons. The van der Waals surface area contributed by atoms with Crippen molar-refractivity contribution in [2.75, 3.05) is 7.11 Å². The highest BCUT2D eigenvalue weighted by Crippen LogP contribution is 2.36. The molecule has 31 heavy (non-hydrogen) atoms. The molecule has 3 amide bonds. The van der Waals surface area contributed by atoms with Gasteiger partial charge < -0.3 is 4.74 Å². The van der Waals surface area contributed by atoms with E-state index in [4.69, 9.17) is 4.74 Å². The lowest BCUT2D eigenvalue weighted by Gasteiger charge is -2.47. The standard InChI is InChI=1S/C25H28N2O4/c1-18(20-13-9-6-10-14-20)22(29)27-21(28)15-16-26(24(30)31-4)23(27)25(2,3)17-19-11-7-5-8-12-19/h5-16,18,23H,17H2,1-4H3/t18-,23-/m1/s1. The Hall–Kier alpha value is -3.41. The summed E-state index contributed by atoms with van der Waals surface area (Å²) in [6.07, 6.45) is 1.73. The van der Waals surface area contributed by atoms with Crippen LogP contribution in [0.1, 0.15) is 37.8 Å². The fourth-order valence-corrected chi connectivity index (χ4v) is 4.08. The summed E-state index contributed by atoms with van der Waals surface area (Å²) in [6, 6.07) is 19.1. The summed E-state index contributed by atoms with van der Waals surface area (Å²) in [5.74, 6) is -1.36. The number of carbonyl (C=O) groups is 3. The Morgan fingerprint density at radius 3 is 2.19 bits per heavy atom. The fourth-order valence-electron chi connectivity index (χ4n) is 4.08. The minimum absolute atomic E-state index is 0.361. The lowest BCUT2D eigenvalue weighted by Crippen LogP contribution is -2.62. The Bertz CT molecular complexity index is 970. The van der Waals surface area contributed by atoms with Gasteiger partial charge in [0.25, 0.3) is 5.91 Å². The first-order valence-corrected chi connectivity index (χ1v) is 10.3. The number of carbonyl (C=O) groups excluding carboxylic acids is 3. The van der Waals surface area contributed by atoms with Gasteiger partial charge in [0.15, 0.2) is 0 Å². The van der Waals surface area contributed by atoms with Crippen LogP contribution >= 0.6 is 0 Å². The minimum atomic E-state index is -0.837. The molecular formula is C25H28N2O4. The van der Waals surface area contributed by atoms with Crippen molar-refractivity contribution in [3.8, 4) is 0 Å². The van der Waals surface area contributed by atoms with E-state index in [-0.39, 0.29) is 5.91 Å². The van der Waals surface area contributed by atoms with E-state index in [1.165, 1.54) is 29.2 Å². The van der Waals surface area contributed by atoms with E-state index in [0.29, 0.717) is 6.42 Å². The average molecular weight is 421 g/mol. The molecule has 2 aromatic rings. The van der Waals surface area contributed by atoms with E-state index < -0.39 is 29.5 Å². The van der Waals surface area contributed by atoms with Gasteiger partial charge in [-0.1, -0.05) is 74.5 Å². The van der Waals surface area contributed by atoms with Gasteiger partial charge in [0.2, 0.25) is 5.91 Å². The summed E-state index contributed by atoms with van der Waals surface area (Å²) in [6.45, 7) is 5.66. The number of hydrogen-bond donors (Lipinski definition) is 0. The quantitative estimate of drug-likeness (QED) is 0.722. The van der Waals surface area contributed by atoms with Crippen LogP contribution in [0.15, 0.2) is 72.9 Å². The molecule has 0 spiro atoms. The lowest BCUT2D eigenvalue weighted by molar-refractivity contribution is -0.155. The molecule has 0 aliphatic carbocycles. The number of hydrogen-bond acceptors (Lipinski definition) is 4. The molecule has 2 atom stereocenters. The molecule has 0 radical (unpaired) electrons. The number of ether oxygens (including phenoxy) is 1. The van der Waals surface area contributed by atoms with Crippen molar-refractivity contribution in [2.24, 2.45) is 5.41 Å². The molecule has 1 aliphatic rings. The second-order valence-electron chi connectivity index (χ2n) is 8.40. The van der Waals surface area contributed by atoms with Gasteiger partial charge in [-0.2, -0.15) is 0 Å². The van der Waals surface area contributed by atoms with Crippen LogP contribution in [-0.4, -0.2) is 41.0 Å². The van der Waals surface area contributed by atoms with Gasteiger partial charge in [-0.15, -0.1) is 0 Å². The average Bonchev–Trinajstić information content (AvgIpc) is 2.78. The third kappa shape index (κ3) is 4.68. The molecule has 0 fully saturated rings. The maximum absolute atomic E-state index is 13.6. The predicted octanol–water partition coefficient (Wildman–Crippen LogP) is 4.34. The maximum atomic E-state index is 13.6. The van der Waals surface area contributed by atoms with Gasteiger partial charge in [-0.05, 0) is 24.5 Å². The molecule has 2 aromatic carbocycles. The number of benzene rings is 2. The predicted molar refractivity (Wildman–Crippen MR) is 118 cm³/mol. The zero-order valence-corrected chi connectivity index (χ0v) is 18.3. The van der Waals surface area contributed by atoms with Crippen molar-refractivity contribution in [2.45, 2.75) is 39.3 Å². The van der Waals surface area contributed by atoms with Crippen molar-refractivity contribution in [1.82, 2.24) is 9.80 Å². The molecular weight excluding hydrogens is 392 g/mol. The summed E-state index contributed by atoms with van der Waals surface area (Å²) >= 11 is 0. The van der Waals surface area contributed by atoms with E-state index in [0.717, 1.165) is 11.1 Å². The SMILES string of the molecule is COC(=O)N1C=CC(=O)N(C(=O)[C@H](C)c2ccccc2)[C@@H]1C(C)(C)Cc1ccccc1. The Labute approximate surface area is 183 Å². The van der Waals surface area contributed by atoms with E-state index >= 15 is 0 Å². The second-order valence-corrected chi connectivity index (χ2v) is 8.40. The van der Waals surface area contributed by atoms with Crippen LogP contribution in [0.3, 0.4) is 0 Å². The summed E-state index contributed by atoms with van der Waals surface area (Å²) < 4.78 is 4.96. The van der Waals surface area contributed by atoms with Crippen LogP contribution < -0.4 is 0 Å². The van der Waals surface area contributed by atoms with Crippen LogP contribution in [0.4, 0.5) is 4.79 Å². The number of imide groups is 1. The van der Waals surface area contributed by atoms with Gasteiger partial charge >= 0.3 is 6.09 Å². The summed E-state index contributed by atoms with van der Waals surface area (Å²) in [7, 11) is 1.28. The van der Waals surface area contributed by atoms with Crippen LogP contribution in [-0.2, 0) is 20.7 Å². The molecule has 6 heteroatoms. The molecule has 0 aromatic heterocycles. The lowest BCUT2D eigenvalue weighted by atomic mass is 9.80. The highest BCUT2D eigenvalue weighted by Gasteiger charge is 2.47. The van der Waals surface area contributed by atoms with Gasteiger partial charge in [0.1, 0.15) is 6.17 Å². The third-order valence-corrected chi connectivity index (χ3v) is 5.62. The second kappa shape index (κ2) is 9.16. The van der Waals surface area contributed by atoms with Gasteiger partial charge in [0.05, 0.1) is 13.0 Å². The topological polar surface area (TPSA) is 66.9 Å². The van der Waals surface area contributed by atoms with Gasteiger partial charge in [-0.25, -0.2) is 4.79 Å². The molecule has 0 bridgehead atoms. The molecule has 6 nitrogen and oxygen atoms in total. The molecule has 0 unspecified atom stereocenters. The van der Waals surface area contributed by atoms with Crippen molar-refractivity contribution in [3.05, 3.63) is 84.1 Å². The first kappa shape index (κ1) is 22.3. The van der Waals surface area contributed by atoms with Crippen molar-refractivity contribution >= 4 is 17.9 Å². The molecule has 0 N–H and O–H groups in total. The highest BCUT2D eigenvalue weighted by atomic mass is 16.5. The van der Waals surface area contributed by atoms with Crippen LogP contribution in [0.25, 0.3) is 0 Å². The Balaban J connectivity index is 2.03. The number of amides is 3. The number of methoxy groups -OCH3 is 1. The van der Waals surface area contributed by atoms with Gasteiger partial charge in [-0.3, -0.25) is 19.4 Å². The summed E-state index contributed by atoms with van der Waals surface area (Å²) in [5.41, 5.74) is 1.20. The Morgan fingerprint density at radius 2 is 1.61 bits per heavy atom. The number of rotatable bonds is 5. The number of nitrogens with zero attached hydrogens (tertiary/aromatic N) is 2. The fraction of sp³-hybridized carbons (Fsp3) is 0.320. The molecule has 3 rings (SSSR count). The first-order valence-electron chi connectivity index (χ1n) is 10.3. The van der Waals surface area contributed by atoms with Crippen molar-refractivity contribution < 1.29 is 19.1 Å². The first-order chi connectivity index (χ1) is 14.8. The minimum Gasteiger partial charge on any atom is -0.452 e. The third-order valence-electron chi connectivity index (χ3n) is 5.62. The molecule has 0 saturated carbocycles. The van der Waals surface area contributed by atoms with E-state index in [1.54, 1.807) is 6.92 Å². The van der Waals surface area contributed by atoms with E-state index in [9.17, 15) is 14.4 Å². The summed E-state index contributed by atoms with van der Waals surface area (Å²) in [4.78, 5) is 41.7. The van der Waals surface area contributed by atoms with E-state index in [1.807, 2.05) is 74.5 Å². The Morgan fingerprint density at radius 1 is 1.03 bits per heavy atom. The zero-order chi connectivity index (χ0) is 22.6. The molecule has 1 aliphatic heterocycles. The van der Waals surface area contributed by atoms with Crippen molar-refractivity contribution in [1.29, 1.82) is 0 Å². The van der Waals surface area contributed by atoms with Crippen LogP contribution in [0.2, 0.25) is 0 Å². The summed E-state index contributed by atoms with van der Waals surface area (Å²) in [5, 5.41) is 0. The highest BCUT2D eigenvalue weighted by molar-refractivity contribution is 6.04. The monoisotopic (exact) mass is 420 g/mol. The zero-order valence-electron chi connectivity index (χ0n) is 18.3. The maximum Gasteiger partial charge on any atom is 0.415 e. The van der Waals surface area contributed by atoms with Crippen molar-refractivity contribution in [3.63, 3.8) is 0 Å². The van der Waals surface area contributed by atoms with Gasteiger partial charge in [0, 0.05) is 17.7 Å². The largest absolute Gasteiger partial charge is 0.452 e.